The van der Waals surface area contributed by atoms with Gasteiger partial charge in [0.25, 0.3) is 0 Å². The average Bonchev–Trinajstić information content (AvgIpc) is 3.14. The monoisotopic (exact) mass is 470 g/mol. The summed E-state index contributed by atoms with van der Waals surface area (Å²) in [6.45, 7) is 1.29. The highest BCUT2D eigenvalue weighted by Crippen LogP contribution is 2.59. The Balaban J connectivity index is 1.21. The van der Waals surface area contributed by atoms with Crippen molar-refractivity contribution in [2.45, 2.75) is 37.5 Å². The van der Waals surface area contributed by atoms with E-state index in [-0.39, 0.29) is 24.4 Å². The lowest BCUT2D eigenvalue weighted by atomic mass is 10.0. The fraction of sp³-hybridized carbons (Fsp3) is 0.273. The lowest BCUT2D eigenvalue weighted by molar-refractivity contribution is -0.165. The van der Waals surface area contributed by atoms with Crippen LogP contribution in [0.15, 0.2) is 47.4 Å². The third-order valence-corrected chi connectivity index (χ3v) is 6.19. The first-order chi connectivity index (χ1) is 16.3. The Labute approximate surface area is 189 Å². The van der Waals surface area contributed by atoms with Crippen LogP contribution in [0, 0.1) is 0 Å². The van der Waals surface area contributed by atoms with Crippen molar-refractivity contribution in [1.82, 2.24) is 25.0 Å². The van der Waals surface area contributed by atoms with Crippen molar-refractivity contribution < 1.29 is 27.2 Å². The number of alkyl halides is 3. The van der Waals surface area contributed by atoms with Crippen LogP contribution in [-0.4, -0.2) is 31.9 Å². The minimum atomic E-state index is -4.42. The maximum atomic E-state index is 13.3. The molecule has 9 nitrogen and oxygen atoms in total. The Morgan fingerprint density at radius 2 is 2.03 bits per heavy atom. The molecule has 0 bridgehead atoms. The summed E-state index contributed by atoms with van der Waals surface area (Å²) in [5, 5.41) is 10.0. The molecule has 2 N–H and O–H groups in total. The number of carbonyl (C=O) groups excluding carboxylic acids is 1. The Morgan fingerprint density at radius 3 is 2.82 bits per heavy atom. The number of anilines is 1. The van der Waals surface area contributed by atoms with E-state index >= 15 is 0 Å². The van der Waals surface area contributed by atoms with E-state index in [1.807, 2.05) is 0 Å². The molecule has 1 aliphatic carbocycles. The largest absolute Gasteiger partial charge is 0.439 e. The van der Waals surface area contributed by atoms with Gasteiger partial charge in [0, 0.05) is 30.7 Å². The number of nitrogens with one attached hydrogen (secondary N) is 2. The van der Waals surface area contributed by atoms with Crippen molar-refractivity contribution >= 4 is 22.8 Å². The zero-order valence-corrected chi connectivity index (χ0v) is 17.5. The molecule has 1 saturated carbocycles. The van der Waals surface area contributed by atoms with Gasteiger partial charge in [0.2, 0.25) is 5.88 Å². The van der Waals surface area contributed by atoms with Gasteiger partial charge >= 0.3 is 12.2 Å². The van der Waals surface area contributed by atoms with Gasteiger partial charge in [-0.15, -0.1) is 0 Å². The molecule has 34 heavy (non-hydrogen) atoms. The summed E-state index contributed by atoms with van der Waals surface area (Å²) in [6, 6.07) is 7.46. The zero-order valence-electron chi connectivity index (χ0n) is 17.5. The van der Waals surface area contributed by atoms with E-state index in [4.69, 9.17) is 9.26 Å². The molecule has 4 heterocycles. The number of halogens is 3. The van der Waals surface area contributed by atoms with Gasteiger partial charge < -0.3 is 14.6 Å². The molecule has 2 aliphatic rings. The van der Waals surface area contributed by atoms with Crippen LogP contribution in [0.5, 0.6) is 11.6 Å². The van der Waals surface area contributed by atoms with Crippen LogP contribution in [0.3, 0.4) is 0 Å². The first-order valence-electron chi connectivity index (χ1n) is 10.5. The molecule has 0 radical (unpaired) electrons. The molecule has 1 aromatic carbocycles. The summed E-state index contributed by atoms with van der Waals surface area (Å²) in [5.41, 5.74) is 0.384. The van der Waals surface area contributed by atoms with Gasteiger partial charge in [-0.1, -0.05) is 5.16 Å². The van der Waals surface area contributed by atoms with Gasteiger partial charge in [0.05, 0.1) is 16.8 Å². The maximum Gasteiger partial charge on any atom is 0.401 e. The van der Waals surface area contributed by atoms with E-state index < -0.39 is 17.6 Å². The average molecular weight is 470 g/mol. The van der Waals surface area contributed by atoms with Crippen LogP contribution >= 0.6 is 0 Å². The van der Waals surface area contributed by atoms with E-state index in [2.05, 4.69) is 25.8 Å². The normalized spacial score (nSPS) is 16.4. The second-order valence-electron chi connectivity index (χ2n) is 8.30. The van der Waals surface area contributed by atoms with Crippen molar-refractivity contribution in [3.05, 3.63) is 59.9 Å². The van der Waals surface area contributed by atoms with Crippen LogP contribution in [0.4, 0.5) is 23.8 Å². The Morgan fingerprint density at radius 1 is 1.18 bits per heavy atom. The lowest BCUT2D eigenvalue weighted by Gasteiger charge is -2.14. The van der Waals surface area contributed by atoms with E-state index in [9.17, 15) is 18.0 Å². The third-order valence-electron chi connectivity index (χ3n) is 6.19. The summed E-state index contributed by atoms with van der Waals surface area (Å²) in [5.74, 6) is 0.645. The molecule has 0 unspecified atom stereocenters. The van der Waals surface area contributed by atoms with Gasteiger partial charge in [-0.3, -0.25) is 9.88 Å². The predicted molar refractivity (Wildman–Crippen MR) is 112 cm³/mol. The number of fused-ring (bicyclic) bond motifs is 2. The molecule has 3 aromatic heterocycles. The number of hydrogen-bond donors (Lipinski definition) is 2. The number of benzene rings is 1. The SMILES string of the molecule is O=C(Nc1cc(C2(C(F)(F)F)CC2)on1)n1ccc2cc(Oc3ncnc4c3CNC4)ccc21. The van der Waals surface area contributed by atoms with Crippen LogP contribution < -0.4 is 15.4 Å². The van der Waals surface area contributed by atoms with Crippen LogP contribution in [0.2, 0.25) is 0 Å². The number of nitrogens with zero attached hydrogens (tertiary/aromatic N) is 4. The van der Waals surface area contributed by atoms with Crippen LogP contribution in [-0.2, 0) is 18.5 Å². The number of hydrogen-bond acceptors (Lipinski definition) is 7. The molecule has 1 amide bonds. The maximum absolute atomic E-state index is 13.3. The molecule has 0 atom stereocenters. The first-order valence-corrected chi connectivity index (χ1v) is 10.5. The van der Waals surface area contributed by atoms with E-state index in [0.29, 0.717) is 30.2 Å². The van der Waals surface area contributed by atoms with Gasteiger partial charge in [-0.05, 0) is 37.1 Å². The molecule has 12 heteroatoms. The Bertz CT molecular complexity index is 1420. The second kappa shape index (κ2) is 7.29. The highest BCUT2D eigenvalue weighted by atomic mass is 19.4. The summed E-state index contributed by atoms with van der Waals surface area (Å²) in [7, 11) is 0. The molecule has 0 saturated heterocycles. The molecule has 174 valence electrons. The summed E-state index contributed by atoms with van der Waals surface area (Å²) in [4.78, 5) is 21.2. The number of rotatable bonds is 4. The number of ether oxygens (including phenoxy) is 1. The third kappa shape index (κ3) is 3.29. The van der Waals surface area contributed by atoms with Crippen LogP contribution in [0.1, 0.15) is 29.9 Å². The summed E-state index contributed by atoms with van der Waals surface area (Å²) >= 11 is 0. The first kappa shape index (κ1) is 20.7. The summed E-state index contributed by atoms with van der Waals surface area (Å²) < 4.78 is 52.0. The number of amides is 1. The Hall–Kier alpha value is -3.93. The van der Waals surface area contributed by atoms with Gasteiger partial charge in [-0.25, -0.2) is 14.8 Å². The van der Waals surface area contributed by atoms with Gasteiger partial charge in [-0.2, -0.15) is 13.2 Å². The topological polar surface area (TPSA) is 107 Å². The molecule has 4 aromatic rings. The molecular weight excluding hydrogens is 453 g/mol. The van der Waals surface area contributed by atoms with Gasteiger partial charge in [0.1, 0.15) is 17.5 Å². The van der Waals surface area contributed by atoms with Crippen LogP contribution in [0.25, 0.3) is 10.9 Å². The van der Waals surface area contributed by atoms with Crippen molar-refractivity contribution in [1.29, 1.82) is 0 Å². The number of carbonyl (C=O) groups is 1. The van der Waals surface area contributed by atoms with Crippen molar-refractivity contribution in [2.75, 3.05) is 5.32 Å². The zero-order chi connectivity index (χ0) is 23.5. The quantitative estimate of drug-likeness (QED) is 0.453. The van der Waals surface area contributed by atoms with E-state index in [1.165, 1.54) is 10.9 Å². The minimum absolute atomic E-state index is 0.0555. The van der Waals surface area contributed by atoms with E-state index in [0.717, 1.165) is 22.7 Å². The fourth-order valence-electron chi connectivity index (χ4n) is 4.15. The molecular formula is C22H17F3N6O3. The number of aromatic nitrogens is 4. The van der Waals surface area contributed by atoms with Crippen molar-refractivity contribution in [3.8, 4) is 11.6 Å². The van der Waals surface area contributed by atoms with Crippen molar-refractivity contribution in [3.63, 3.8) is 0 Å². The molecule has 0 spiro atoms. The lowest BCUT2D eigenvalue weighted by Crippen LogP contribution is -2.28. The second-order valence-corrected chi connectivity index (χ2v) is 8.30. The molecule has 1 aliphatic heterocycles. The van der Waals surface area contributed by atoms with Gasteiger partial charge in [0.15, 0.2) is 11.6 Å². The molecule has 1 fully saturated rings. The predicted octanol–water partition coefficient (Wildman–Crippen LogP) is 4.49. The summed E-state index contributed by atoms with van der Waals surface area (Å²) in [6.07, 6.45) is -1.53. The smallest absolute Gasteiger partial charge is 0.401 e. The van der Waals surface area contributed by atoms with Crippen molar-refractivity contribution in [2.24, 2.45) is 0 Å². The highest BCUT2D eigenvalue weighted by Gasteiger charge is 2.66. The Kier molecular flexibility index (Phi) is 4.43. The fourth-order valence-corrected chi connectivity index (χ4v) is 4.15. The van der Waals surface area contributed by atoms with E-state index in [1.54, 1.807) is 30.5 Å². The minimum Gasteiger partial charge on any atom is -0.439 e. The highest BCUT2D eigenvalue weighted by molar-refractivity contribution is 5.98. The molecule has 6 rings (SSSR count). The standard InChI is InChI=1S/C22H17F3N6O3/c23-22(24,25)21(4-5-21)17-8-18(30-34-17)29-20(32)31-6-3-12-7-13(1-2-16(12)31)33-19-14-9-26-10-15(14)27-11-28-19/h1-3,6-8,11,26H,4-5,9-10H2,(H,29,30,32).